The van der Waals surface area contributed by atoms with Crippen LogP contribution in [-0.4, -0.2) is 63.7 Å². The second-order valence-corrected chi connectivity index (χ2v) is 9.73. The van der Waals surface area contributed by atoms with Gasteiger partial charge in [0.1, 0.15) is 10.8 Å². The van der Waals surface area contributed by atoms with Gasteiger partial charge in [-0.15, -0.1) is 11.3 Å². The highest BCUT2D eigenvalue weighted by molar-refractivity contribution is 7.17. The summed E-state index contributed by atoms with van der Waals surface area (Å²) in [5.74, 6) is 0.422. The summed E-state index contributed by atoms with van der Waals surface area (Å²) in [5.41, 5.74) is 2.81. The quantitative estimate of drug-likeness (QED) is 0.643. The molecule has 0 radical (unpaired) electrons. The maximum Gasteiger partial charge on any atom is 0.341 e. The first kappa shape index (κ1) is 23.6. The van der Waals surface area contributed by atoms with E-state index < -0.39 is 0 Å². The fraction of sp³-hybridized carbons (Fsp3) is 0.520. The zero-order valence-electron chi connectivity index (χ0n) is 19.5. The van der Waals surface area contributed by atoms with Crippen molar-refractivity contribution >= 4 is 33.9 Å². The first-order valence-corrected chi connectivity index (χ1v) is 12.5. The Morgan fingerprint density at radius 1 is 0.970 bits per heavy atom. The molecular formula is C25H33N3O4S. The van der Waals surface area contributed by atoms with Crippen molar-refractivity contribution in [2.45, 2.75) is 38.5 Å². The molecule has 0 atom stereocenters. The van der Waals surface area contributed by atoms with E-state index in [0.29, 0.717) is 17.1 Å². The Balaban J connectivity index is 1.37. The number of rotatable bonds is 6. The molecule has 1 aromatic carbocycles. The van der Waals surface area contributed by atoms with E-state index in [1.165, 1.54) is 30.5 Å². The number of hydrogen-bond donors (Lipinski definition) is 1. The van der Waals surface area contributed by atoms with Crippen molar-refractivity contribution < 1.29 is 19.1 Å². The molecule has 2 aliphatic rings. The van der Waals surface area contributed by atoms with E-state index in [1.54, 1.807) is 18.4 Å². The van der Waals surface area contributed by atoms with Crippen LogP contribution < -0.4 is 15.0 Å². The molecule has 1 aromatic heterocycles. The fourth-order valence-electron chi connectivity index (χ4n) is 4.65. The third-order valence-corrected chi connectivity index (χ3v) is 7.70. The number of anilines is 2. The Hall–Kier alpha value is -2.58. The second-order valence-electron chi connectivity index (χ2n) is 8.62. The van der Waals surface area contributed by atoms with Crippen LogP contribution in [0.1, 0.15) is 46.5 Å². The lowest BCUT2D eigenvalue weighted by molar-refractivity contribution is -0.117. The SMILES string of the molecule is COC(=O)c1c(NC(=O)CN2CCN(c3ccc(OC)cc3)CC2)sc2c1CCCCCC2. The Kier molecular flexibility index (Phi) is 7.88. The van der Waals surface area contributed by atoms with E-state index in [9.17, 15) is 9.59 Å². The van der Waals surface area contributed by atoms with Crippen LogP contribution >= 0.6 is 11.3 Å². The highest BCUT2D eigenvalue weighted by Crippen LogP contribution is 2.37. The maximum atomic E-state index is 12.9. The molecule has 1 saturated heterocycles. The molecule has 7 nitrogen and oxygen atoms in total. The molecule has 4 rings (SSSR count). The number of carbonyl (C=O) groups is 2. The van der Waals surface area contributed by atoms with E-state index >= 15 is 0 Å². The van der Waals surface area contributed by atoms with Crippen LogP contribution in [-0.2, 0) is 22.4 Å². The predicted molar refractivity (Wildman–Crippen MR) is 132 cm³/mol. The van der Waals surface area contributed by atoms with Gasteiger partial charge in [-0.05, 0) is 55.5 Å². The zero-order chi connectivity index (χ0) is 23.2. The Labute approximate surface area is 199 Å². The van der Waals surface area contributed by atoms with Crippen LogP contribution in [0, 0.1) is 0 Å². The molecule has 1 N–H and O–H groups in total. The molecule has 33 heavy (non-hydrogen) atoms. The van der Waals surface area contributed by atoms with E-state index in [2.05, 4.69) is 27.2 Å². The molecule has 178 valence electrons. The van der Waals surface area contributed by atoms with Crippen LogP contribution in [0.4, 0.5) is 10.7 Å². The fourth-order valence-corrected chi connectivity index (χ4v) is 5.95. The Morgan fingerprint density at radius 3 is 2.33 bits per heavy atom. The van der Waals surface area contributed by atoms with Crippen molar-refractivity contribution in [3.8, 4) is 5.75 Å². The minimum Gasteiger partial charge on any atom is -0.497 e. The standard InChI is InChI=1S/C25H33N3O4S/c1-31-19-11-9-18(10-12-19)28-15-13-27(14-16-28)17-22(29)26-24-23(25(30)32-2)20-7-5-3-4-6-8-21(20)33-24/h9-12H,3-8,13-17H2,1-2H3,(H,26,29). The molecule has 1 aliphatic carbocycles. The molecule has 2 aromatic rings. The number of benzene rings is 1. The van der Waals surface area contributed by atoms with Crippen molar-refractivity contribution in [1.29, 1.82) is 0 Å². The van der Waals surface area contributed by atoms with Gasteiger partial charge >= 0.3 is 5.97 Å². The summed E-state index contributed by atoms with van der Waals surface area (Å²) in [7, 11) is 3.07. The van der Waals surface area contributed by atoms with Gasteiger partial charge in [-0.25, -0.2) is 4.79 Å². The van der Waals surface area contributed by atoms with Crippen molar-refractivity contribution in [3.63, 3.8) is 0 Å². The van der Waals surface area contributed by atoms with Gasteiger partial charge in [0.05, 0.1) is 26.3 Å². The first-order valence-electron chi connectivity index (χ1n) is 11.7. The lowest BCUT2D eigenvalue weighted by Gasteiger charge is -2.35. The normalized spacial score (nSPS) is 17.0. The number of piperazine rings is 1. The predicted octanol–water partition coefficient (Wildman–Crippen LogP) is 3.96. The van der Waals surface area contributed by atoms with Gasteiger partial charge in [-0.3, -0.25) is 9.69 Å². The molecule has 0 spiro atoms. The van der Waals surface area contributed by atoms with Gasteiger partial charge in [0.15, 0.2) is 0 Å². The molecule has 1 fully saturated rings. The highest BCUT2D eigenvalue weighted by Gasteiger charge is 2.27. The summed E-state index contributed by atoms with van der Waals surface area (Å²) < 4.78 is 10.3. The molecular weight excluding hydrogens is 438 g/mol. The number of hydrogen-bond acceptors (Lipinski definition) is 7. The average molecular weight is 472 g/mol. The average Bonchev–Trinajstić information content (AvgIpc) is 3.14. The van der Waals surface area contributed by atoms with Crippen molar-refractivity contribution in [2.24, 2.45) is 0 Å². The van der Waals surface area contributed by atoms with E-state index in [0.717, 1.165) is 63.2 Å². The highest BCUT2D eigenvalue weighted by atomic mass is 32.1. The summed E-state index contributed by atoms with van der Waals surface area (Å²) in [6, 6.07) is 8.08. The number of aryl methyl sites for hydroxylation is 1. The van der Waals surface area contributed by atoms with Gasteiger partial charge in [-0.2, -0.15) is 0 Å². The van der Waals surface area contributed by atoms with Crippen LogP contribution in [0.3, 0.4) is 0 Å². The number of fused-ring (bicyclic) bond motifs is 1. The van der Waals surface area contributed by atoms with E-state index in [-0.39, 0.29) is 11.9 Å². The number of ether oxygens (including phenoxy) is 2. The van der Waals surface area contributed by atoms with Gasteiger partial charge in [-0.1, -0.05) is 12.8 Å². The van der Waals surface area contributed by atoms with Crippen LogP contribution in [0.5, 0.6) is 5.75 Å². The van der Waals surface area contributed by atoms with Crippen LogP contribution in [0.2, 0.25) is 0 Å². The monoisotopic (exact) mass is 471 g/mol. The smallest absolute Gasteiger partial charge is 0.341 e. The van der Waals surface area contributed by atoms with Gasteiger partial charge in [0, 0.05) is 36.7 Å². The van der Waals surface area contributed by atoms with E-state index in [4.69, 9.17) is 9.47 Å². The lowest BCUT2D eigenvalue weighted by Crippen LogP contribution is -2.48. The van der Waals surface area contributed by atoms with Gasteiger partial charge in [0.2, 0.25) is 5.91 Å². The summed E-state index contributed by atoms with van der Waals surface area (Å²) >= 11 is 1.55. The molecule has 0 bridgehead atoms. The summed E-state index contributed by atoms with van der Waals surface area (Å²) in [6.07, 6.45) is 6.43. The number of nitrogens with zero attached hydrogens (tertiary/aromatic N) is 2. The molecule has 0 saturated carbocycles. The van der Waals surface area contributed by atoms with Gasteiger partial charge in [0.25, 0.3) is 0 Å². The number of esters is 1. The van der Waals surface area contributed by atoms with Crippen LogP contribution in [0.15, 0.2) is 24.3 Å². The molecule has 0 unspecified atom stereocenters. The lowest BCUT2D eigenvalue weighted by atomic mass is 9.96. The molecule has 8 heteroatoms. The largest absolute Gasteiger partial charge is 0.497 e. The van der Waals surface area contributed by atoms with Crippen molar-refractivity contribution in [1.82, 2.24) is 4.90 Å². The number of carbonyl (C=O) groups excluding carboxylic acids is 2. The number of nitrogens with one attached hydrogen (secondary N) is 1. The minimum atomic E-state index is -0.350. The number of thiophene rings is 1. The molecule has 1 amide bonds. The third kappa shape index (κ3) is 5.68. The Morgan fingerprint density at radius 2 is 1.67 bits per heavy atom. The van der Waals surface area contributed by atoms with E-state index in [1.807, 2.05) is 12.1 Å². The minimum absolute atomic E-state index is 0.0766. The van der Waals surface area contributed by atoms with Crippen LogP contribution in [0.25, 0.3) is 0 Å². The zero-order valence-corrected chi connectivity index (χ0v) is 20.3. The first-order chi connectivity index (χ1) is 16.1. The maximum absolute atomic E-state index is 12.9. The third-order valence-electron chi connectivity index (χ3n) is 6.49. The summed E-state index contributed by atoms with van der Waals surface area (Å²) in [6.45, 7) is 3.66. The summed E-state index contributed by atoms with van der Waals surface area (Å²) in [4.78, 5) is 31.2. The molecule has 1 aliphatic heterocycles. The van der Waals surface area contributed by atoms with Gasteiger partial charge < -0.3 is 19.7 Å². The Bertz CT molecular complexity index is 965. The summed E-state index contributed by atoms with van der Waals surface area (Å²) in [5, 5.41) is 3.68. The second kappa shape index (κ2) is 11.0. The topological polar surface area (TPSA) is 71.1 Å². The van der Waals surface area contributed by atoms with Crippen molar-refractivity contribution in [2.75, 3.05) is 57.2 Å². The number of amides is 1. The molecule has 2 heterocycles. The van der Waals surface area contributed by atoms with Crippen molar-refractivity contribution in [3.05, 3.63) is 40.3 Å². The number of methoxy groups -OCH3 is 2.